The van der Waals surface area contributed by atoms with E-state index in [4.69, 9.17) is 4.74 Å². The molecular formula is C31H42O. The van der Waals surface area contributed by atoms with Crippen LogP contribution in [0.4, 0.5) is 0 Å². The molecule has 0 aromatic heterocycles. The Morgan fingerprint density at radius 1 is 0.781 bits per heavy atom. The van der Waals surface area contributed by atoms with Crippen LogP contribution in [0.15, 0.2) is 48.5 Å². The van der Waals surface area contributed by atoms with Gasteiger partial charge in [-0.2, -0.15) is 0 Å². The Morgan fingerprint density at radius 3 is 2.00 bits per heavy atom. The maximum absolute atomic E-state index is 6.06. The average Bonchev–Trinajstić information content (AvgIpc) is 2.82. The molecule has 0 radical (unpaired) electrons. The minimum atomic E-state index is 0.268. The Kier molecular flexibility index (Phi) is 10.2. The molecule has 2 aromatic carbocycles. The highest BCUT2D eigenvalue weighted by molar-refractivity contribution is 5.45. The van der Waals surface area contributed by atoms with E-state index in [1.54, 1.807) is 0 Å². The van der Waals surface area contributed by atoms with Crippen molar-refractivity contribution in [3.05, 3.63) is 65.2 Å². The summed E-state index contributed by atoms with van der Waals surface area (Å²) in [4.78, 5) is 0. The number of ether oxygens (including phenoxy) is 1. The predicted molar refractivity (Wildman–Crippen MR) is 137 cm³/mol. The molecule has 1 aliphatic rings. The SMILES string of the molecule is CCCCCCC(C)Oc1ccc(C#Cc2ccc(C3CCC(CCC)CC3)cc2)cc1. The van der Waals surface area contributed by atoms with Crippen molar-refractivity contribution in [2.75, 3.05) is 0 Å². The molecule has 1 saturated carbocycles. The van der Waals surface area contributed by atoms with Crippen LogP contribution in [-0.4, -0.2) is 6.10 Å². The van der Waals surface area contributed by atoms with Crippen LogP contribution in [0, 0.1) is 17.8 Å². The van der Waals surface area contributed by atoms with E-state index in [-0.39, 0.29) is 6.10 Å². The number of hydrogen-bond donors (Lipinski definition) is 0. The summed E-state index contributed by atoms with van der Waals surface area (Å²) in [6.07, 6.45) is 14.8. The molecule has 2 aromatic rings. The normalized spacial score (nSPS) is 19.1. The van der Waals surface area contributed by atoms with Crippen LogP contribution < -0.4 is 4.74 Å². The third kappa shape index (κ3) is 8.05. The summed E-state index contributed by atoms with van der Waals surface area (Å²) in [6, 6.07) is 17.2. The molecule has 172 valence electrons. The second-order valence-electron chi connectivity index (χ2n) is 9.68. The van der Waals surface area contributed by atoms with Gasteiger partial charge in [0.1, 0.15) is 5.75 Å². The van der Waals surface area contributed by atoms with Crippen LogP contribution >= 0.6 is 0 Å². The van der Waals surface area contributed by atoms with E-state index in [0.29, 0.717) is 0 Å². The maximum atomic E-state index is 6.06. The van der Waals surface area contributed by atoms with Crippen molar-refractivity contribution < 1.29 is 4.74 Å². The van der Waals surface area contributed by atoms with Gasteiger partial charge in [0.15, 0.2) is 0 Å². The highest BCUT2D eigenvalue weighted by atomic mass is 16.5. The maximum Gasteiger partial charge on any atom is 0.119 e. The Hall–Kier alpha value is -2.20. The molecule has 1 heteroatoms. The zero-order chi connectivity index (χ0) is 22.6. The fourth-order valence-electron chi connectivity index (χ4n) is 4.94. The quantitative estimate of drug-likeness (QED) is 0.270. The van der Waals surface area contributed by atoms with Gasteiger partial charge in [0.2, 0.25) is 0 Å². The van der Waals surface area contributed by atoms with Gasteiger partial charge in [-0.05, 0) is 99.2 Å². The molecule has 0 heterocycles. The smallest absolute Gasteiger partial charge is 0.119 e. The van der Waals surface area contributed by atoms with Gasteiger partial charge in [-0.3, -0.25) is 0 Å². The van der Waals surface area contributed by atoms with Crippen molar-refractivity contribution in [3.8, 4) is 17.6 Å². The molecule has 1 fully saturated rings. The van der Waals surface area contributed by atoms with Crippen molar-refractivity contribution >= 4 is 0 Å². The molecule has 0 N–H and O–H groups in total. The highest BCUT2D eigenvalue weighted by Crippen LogP contribution is 2.37. The molecule has 1 unspecified atom stereocenters. The summed E-state index contributed by atoms with van der Waals surface area (Å²) in [7, 11) is 0. The molecular weight excluding hydrogens is 388 g/mol. The van der Waals surface area contributed by atoms with Crippen molar-refractivity contribution in [3.63, 3.8) is 0 Å². The zero-order valence-electron chi connectivity index (χ0n) is 20.5. The van der Waals surface area contributed by atoms with E-state index >= 15 is 0 Å². The largest absolute Gasteiger partial charge is 0.491 e. The number of benzene rings is 2. The van der Waals surface area contributed by atoms with E-state index in [1.807, 2.05) is 12.1 Å². The summed E-state index contributed by atoms with van der Waals surface area (Å²) in [5.41, 5.74) is 3.62. The predicted octanol–water partition coefficient (Wildman–Crippen LogP) is 8.90. The van der Waals surface area contributed by atoms with Gasteiger partial charge in [-0.15, -0.1) is 0 Å². The number of unbranched alkanes of at least 4 members (excludes halogenated alkanes) is 3. The van der Waals surface area contributed by atoms with Crippen LogP contribution in [0.5, 0.6) is 5.75 Å². The molecule has 0 amide bonds. The van der Waals surface area contributed by atoms with Crippen LogP contribution in [0.1, 0.15) is 114 Å². The third-order valence-electron chi connectivity index (χ3n) is 6.93. The Bertz CT molecular complexity index is 829. The first kappa shape index (κ1) is 24.4. The molecule has 3 rings (SSSR count). The molecule has 0 bridgehead atoms. The molecule has 0 saturated heterocycles. The van der Waals surface area contributed by atoms with Crippen LogP contribution in [0.25, 0.3) is 0 Å². The lowest BCUT2D eigenvalue weighted by atomic mass is 9.77. The van der Waals surface area contributed by atoms with Gasteiger partial charge in [0, 0.05) is 11.1 Å². The van der Waals surface area contributed by atoms with E-state index in [0.717, 1.165) is 35.1 Å². The average molecular weight is 431 g/mol. The lowest BCUT2D eigenvalue weighted by Crippen LogP contribution is -2.13. The minimum Gasteiger partial charge on any atom is -0.491 e. The first-order chi connectivity index (χ1) is 15.7. The second-order valence-corrected chi connectivity index (χ2v) is 9.68. The molecule has 32 heavy (non-hydrogen) atoms. The van der Waals surface area contributed by atoms with E-state index in [1.165, 1.54) is 69.8 Å². The summed E-state index contributed by atoms with van der Waals surface area (Å²) in [5, 5.41) is 0. The summed E-state index contributed by atoms with van der Waals surface area (Å²) < 4.78 is 6.06. The summed E-state index contributed by atoms with van der Waals surface area (Å²) in [6.45, 7) is 6.73. The topological polar surface area (TPSA) is 9.23 Å². The molecule has 1 aliphatic carbocycles. The Morgan fingerprint density at radius 2 is 1.41 bits per heavy atom. The van der Waals surface area contributed by atoms with Crippen LogP contribution in [0.3, 0.4) is 0 Å². The molecule has 1 nitrogen and oxygen atoms in total. The second kappa shape index (κ2) is 13.4. The Balaban J connectivity index is 1.48. The van der Waals surface area contributed by atoms with Gasteiger partial charge in [-0.25, -0.2) is 0 Å². The van der Waals surface area contributed by atoms with Gasteiger partial charge < -0.3 is 4.74 Å². The van der Waals surface area contributed by atoms with E-state index in [9.17, 15) is 0 Å². The number of hydrogen-bond acceptors (Lipinski definition) is 1. The van der Waals surface area contributed by atoms with E-state index < -0.39 is 0 Å². The minimum absolute atomic E-state index is 0.268. The van der Waals surface area contributed by atoms with Gasteiger partial charge in [0.25, 0.3) is 0 Å². The van der Waals surface area contributed by atoms with E-state index in [2.05, 4.69) is 69.0 Å². The fourth-order valence-corrected chi connectivity index (χ4v) is 4.94. The monoisotopic (exact) mass is 430 g/mol. The first-order valence-corrected chi connectivity index (χ1v) is 13.1. The van der Waals surface area contributed by atoms with Crippen molar-refractivity contribution in [2.45, 2.75) is 103 Å². The standard InChI is InChI=1S/C31H42O/c1-4-6-7-8-10-25(3)32-31-23-17-28(18-24-31)12-11-27-15-21-30(22-16-27)29-19-13-26(9-5-2)14-20-29/h15-18,21-26,29H,4-10,13-14,19-20H2,1-3H3. The molecule has 0 spiro atoms. The highest BCUT2D eigenvalue weighted by Gasteiger charge is 2.21. The Labute approximate surface area is 197 Å². The zero-order valence-corrected chi connectivity index (χ0v) is 20.5. The van der Waals surface area contributed by atoms with Crippen molar-refractivity contribution in [1.82, 2.24) is 0 Å². The van der Waals surface area contributed by atoms with Crippen molar-refractivity contribution in [2.24, 2.45) is 5.92 Å². The van der Waals surface area contributed by atoms with Crippen LogP contribution in [0.2, 0.25) is 0 Å². The summed E-state index contributed by atoms with van der Waals surface area (Å²) >= 11 is 0. The summed E-state index contributed by atoms with van der Waals surface area (Å²) in [5.74, 6) is 9.28. The van der Waals surface area contributed by atoms with Crippen LogP contribution in [-0.2, 0) is 0 Å². The molecule has 1 atom stereocenters. The third-order valence-corrected chi connectivity index (χ3v) is 6.93. The van der Waals surface area contributed by atoms with Gasteiger partial charge in [0.05, 0.1) is 6.10 Å². The number of rotatable bonds is 10. The lowest BCUT2D eigenvalue weighted by Gasteiger charge is -2.28. The fraction of sp³-hybridized carbons (Fsp3) is 0.548. The molecule has 0 aliphatic heterocycles. The van der Waals surface area contributed by atoms with Gasteiger partial charge in [-0.1, -0.05) is 69.9 Å². The van der Waals surface area contributed by atoms with Gasteiger partial charge >= 0.3 is 0 Å². The van der Waals surface area contributed by atoms with Crippen molar-refractivity contribution in [1.29, 1.82) is 0 Å². The lowest BCUT2D eigenvalue weighted by molar-refractivity contribution is 0.206. The first-order valence-electron chi connectivity index (χ1n) is 13.1.